The zero-order valence-electron chi connectivity index (χ0n) is 4.19. The van der Waals surface area contributed by atoms with E-state index in [1.54, 1.807) is 0 Å². The highest BCUT2D eigenvalue weighted by Gasteiger charge is 2.41. The summed E-state index contributed by atoms with van der Waals surface area (Å²) in [7, 11) is -2.97. The maximum absolute atomic E-state index is 11.1. The third kappa shape index (κ3) is 3.77. The SMILES string of the molecule is O=S(=O)(I)C(I)(I)C(I)I. The van der Waals surface area contributed by atoms with E-state index in [9.17, 15) is 8.42 Å². The van der Waals surface area contributed by atoms with Crippen molar-refractivity contribution >= 4 is 119 Å². The first-order chi connectivity index (χ1) is 4.19. The molecule has 0 spiro atoms. The molecule has 0 aromatic carbocycles. The molecule has 0 saturated carbocycles. The largest absolute Gasteiger partial charge is 0.228 e. The van der Waals surface area contributed by atoms with E-state index >= 15 is 0 Å². The van der Waals surface area contributed by atoms with Crippen LogP contribution < -0.4 is 0 Å². The predicted molar refractivity (Wildman–Crippen MR) is 85.5 cm³/mol. The maximum atomic E-state index is 11.1. The molecule has 0 atom stereocenters. The van der Waals surface area contributed by atoms with Gasteiger partial charge in [-0.1, -0.05) is 45.2 Å². The number of halogens is 5. The molecule has 62 valence electrons. The minimum atomic E-state index is -2.97. The Morgan fingerprint density at radius 3 is 1.50 bits per heavy atom. The third-order valence-electron chi connectivity index (χ3n) is 0.579. The molecule has 0 aromatic heterocycles. The van der Waals surface area contributed by atoms with Gasteiger partial charge in [0.1, 0.15) is 1.93 Å². The van der Waals surface area contributed by atoms with Gasteiger partial charge in [-0.15, -0.1) is 0 Å². The van der Waals surface area contributed by atoms with Crippen molar-refractivity contribution in [2.45, 2.75) is 2.69 Å². The van der Waals surface area contributed by atoms with Gasteiger partial charge in [0.25, 0.3) is 0 Å². The highest BCUT2D eigenvalue weighted by atomic mass is 127. The second-order valence-electron chi connectivity index (χ2n) is 1.30. The molecule has 0 aliphatic carbocycles. The quantitative estimate of drug-likeness (QED) is 0.249. The fraction of sp³-hybridized carbons (Fsp3) is 1.00. The molecule has 0 saturated heterocycles. The smallest absolute Gasteiger partial charge is 0.216 e. The van der Waals surface area contributed by atoms with E-state index in [1.807, 2.05) is 45.2 Å². The molecule has 0 unspecified atom stereocenters. The van der Waals surface area contributed by atoms with Crippen LogP contribution in [0.3, 0.4) is 0 Å². The second kappa shape index (κ2) is 4.90. The van der Waals surface area contributed by atoms with Crippen LogP contribution in [0.15, 0.2) is 0 Å². The number of alkyl halides is 4. The van der Waals surface area contributed by atoms with Crippen molar-refractivity contribution in [2.24, 2.45) is 0 Å². The summed E-state index contributed by atoms with van der Waals surface area (Å²) in [4.78, 5) is 0. The molecule has 10 heavy (non-hydrogen) atoms. The van der Waals surface area contributed by atoms with E-state index in [0.29, 0.717) is 0 Å². The molecular weight excluding hydrogens is 723 g/mol. The first-order valence-electron chi connectivity index (χ1n) is 1.79. The highest BCUT2D eigenvalue weighted by molar-refractivity contribution is 14.2. The summed E-state index contributed by atoms with van der Waals surface area (Å²) in [5.41, 5.74) is 0. The molecule has 0 rings (SSSR count). The number of rotatable bonds is 2. The van der Waals surface area contributed by atoms with Crippen LogP contribution in [-0.4, -0.2) is 11.1 Å². The Labute approximate surface area is 126 Å². The molecule has 0 heterocycles. The monoisotopic (exact) mass is 723 g/mol. The van der Waals surface area contributed by atoms with Gasteiger partial charge in [0.2, 0.25) is 7.77 Å². The van der Waals surface area contributed by atoms with Crippen molar-refractivity contribution in [3.05, 3.63) is 0 Å². The van der Waals surface area contributed by atoms with Gasteiger partial charge in [-0.05, 0) is 45.2 Å². The van der Waals surface area contributed by atoms with E-state index < -0.39 is 7.77 Å². The van der Waals surface area contributed by atoms with Gasteiger partial charge in [0.05, 0.1) is 21.2 Å². The normalized spacial score (nSPS) is 14.2. The lowest BCUT2D eigenvalue weighted by atomic mass is 11.0. The van der Waals surface area contributed by atoms with Crippen LogP contribution in [0.5, 0.6) is 0 Å². The van der Waals surface area contributed by atoms with Crippen molar-refractivity contribution in [3.63, 3.8) is 0 Å². The Morgan fingerprint density at radius 2 is 1.50 bits per heavy atom. The summed E-state index contributed by atoms with van der Waals surface area (Å²) in [6, 6.07) is 0. The molecule has 0 bridgehead atoms. The average Bonchev–Trinajstić information content (AvgIpc) is 1.62. The van der Waals surface area contributed by atoms with Crippen molar-refractivity contribution in [1.29, 1.82) is 0 Å². The number of hydrogen-bond donors (Lipinski definition) is 0. The maximum Gasteiger partial charge on any atom is 0.228 e. The second-order valence-corrected chi connectivity index (χ2v) is 18.1. The lowest BCUT2D eigenvalue weighted by Crippen LogP contribution is -2.25. The van der Waals surface area contributed by atoms with E-state index in [2.05, 4.69) is 45.2 Å². The standard InChI is InChI=1S/C2HI5O2S/c3-1(4)2(5,6)10(7,8)9/h1H. The van der Waals surface area contributed by atoms with Crippen molar-refractivity contribution < 1.29 is 8.42 Å². The van der Waals surface area contributed by atoms with Crippen LogP contribution in [0, 0.1) is 0 Å². The van der Waals surface area contributed by atoms with Crippen LogP contribution in [0.25, 0.3) is 0 Å². The summed E-state index contributed by atoms with van der Waals surface area (Å²) >= 11 is 9.58. The lowest BCUT2D eigenvalue weighted by Gasteiger charge is -2.18. The third-order valence-corrected chi connectivity index (χ3v) is 20.8. The van der Waals surface area contributed by atoms with Crippen LogP contribution in [0.2, 0.25) is 0 Å². The number of hydrogen-bond acceptors (Lipinski definition) is 2. The van der Waals surface area contributed by atoms with Gasteiger partial charge in [-0.3, -0.25) is 0 Å². The van der Waals surface area contributed by atoms with E-state index in [0.717, 1.165) is 0 Å². The first-order valence-corrected chi connectivity index (χ1v) is 10.5. The zero-order chi connectivity index (χ0) is 8.58. The van der Waals surface area contributed by atoms with Crippen LogP contribution in [-0.2, 0) is 7.01 Å². The first kappa shape index (κ1) is 13.6. The fourth-order valence-corrected chi connectivity index (χ4v) is 6.01. The van der Waals surface area contributed by atoms with E-state index in [4.69, 9.17) is 0 Å². The Morgan fingerprint density at radius 1 is 1.20 bits per heavy atom. The fourth-order valence-electron chi connectivity index (χ4n) is 0.106. The summed E-state index contributed by atoms with van der Waals surface area (Å²) in [6.07, 6.45) is 0. The van der Waals surface area contributed by atoms with Crippen LogP contribution in [0.1, 0.15) is 0 Å². The summed E-state index contributed by atoms with van der Waals surface area (Å²) in [5, 5.41) is 0. The molecule has 0 aromatic rings. The molecule has 0 amide bonds. The Hall–Kier alpha value is 3.60. The molecule has 0 fully saturated rings. The van der Waals surface area contributed by atoms with Crippen molar-refractivity contribution in [3.8, 4) is 0 Å². The van der Waals surface area contributed by atoms with Gasteiger partial charge in [-0.2, -0.15) is 0 Å². The van der Waals surface area contributed by atoms with Gasteiger partial charge >= 0.3 is 0 Å². The molecule has 2 nitrogen and oxygen atoms in total. The zero-order valence-corrected chi connectivity index (χ0v) is 15.8. The molecule has 0 aliphatic rings. The van der Waals surface area contributed by atoms with E-state index in [-0.39, 0.29) is 1.93 Å². The minimum absolute atomic E-state index is 0.0748. The Bertz CT molecular complexity index is 206. The predicted octanol–water partition coefficient (Wildman–Crippen LogP) is 3.47. The van der Waals surface area contributed by atoms with Gasteiger partial charge < -0.3 is 0 Å². The Balaban J connectivity index is 4.76. The molecule has 8 heteroatoms. The average molecular weight is 724 g/mol. The molecule has 0 N–H and O–H groups in total. The Kier molecular flexibility index (Phi) is 6.66. The van der Waals surface area contributed by atoms with E-state index in [1.165, 1.54) is 21.2 Å². The van der Waals surface area contributed by atoms with Gasteiger partial charge in [0, 0.05) is 0 Å². The molecule has 0 radical (unpaired) electrons. The van der Waals surface area contributed by atoms with Crippen LogP contribution in [0.4, 0.5) is 0 Å². The topological polar surface area (TPSA) is 34.1 Å². The van der Waals surface area contributed by atoms with Crippen molar-refractivity contribution in [2.75, 3.05) is 0 Å². The van der Waals surface area contributed by atoms with Gasteiger partial charge in [0.15, 0.2) is 0 Å². The summed E-state index contributed by atoms with van der Waals surface area (Å²) in [6.45, 7) is 0. The van der Waals surface area contributed by atoms with Crippen molar-refractivity contribution in [1.82, 2.24) is 0 Å². The highest BCUT2D eigenvalue weighted by Crippen LogP contribution is 2.47. The van der Waals surface area contributed by atoms with Crippen LogP contribution >= 0.6 is 112 Å². The molecule has 0 aliphatic heterocycles. The van der Waals surface area contributed by atoms with Gasteiger partial charge in [-0.25, -0.2) is 8.42 Å². The minimum Gasteiger partial charge on any atom is -0.216 e. The summed E-state index contributed by atoms with van der Waals surface area (Å²) < 4.78 is 21.5. The molecular formula is C2HI5O2S. The summed E-state index contributed by atoms with van der Waals surface area (Å²) in [5.74, 6) is 0. The lowest BCUT2D eigenvalue weighted by molar-refractivity contribution is 0.612.